The van der Waals surface area contributed by atoms with Gasteiger partial charge in [0.1, 0.15) is 17.3 Å². The number of nitrogens with one attached hydrogen (secondary N) is 1. The monoisotopic (exact) mass is 406 g/mol. The van der Waals surface area contributed by atoms with Gasteiger partial charge in [-0.15, -0.1) is 0 Å². The van der Waals surface area contributed by atoms with Crippen LogP contribution in [-0.2, 0) is 11.3 Å². The number of amides is 1. The van der Waals surface area contributed by atoms with E-state index in [0.717, 1.165) is 19.4 Å². The van der Waals surface area contributed by atoms with Crippen molar-refractivity contribution in [3.05, 3.63) is 52.8 Å². The van der Waals surface area contributed by atoms with Gasteiger partial charge in [0.15, 0.2) is 0 Å². The molecule has 1 atom stereocenters. The van der Waals surface area contributed by atoms with Crippen molar-refractivity contribution >= 4 is 23.2 Å². The molecule has 1 aliphatic heterocycles. The lowest BCUT2D eigenvalue weighted by molar-refractivity contribution is -0.121. The first-order chi connectivity index (χ1) is 13.5. The second kappa shape index (κ2) is 9.26. The molecular formula is C21H24ClFN2O3. The molecule has 0 aromatic heterocycles. The summed E-state index contributed by atoms with van der Waals surface area (Å²) >= 11 is 6.15. The van der Waals surface area contributed by atoms with E-state index in [4.69, 9.17) is 21.1 Å². The van der Waals surface area contributed by atoms with Crippen molar-refractivity contribution < 1.29 is 18.7 Å². The number of benzene rings is 2. The zero-order valence-electron chi connectivity index (χ0n) is 16.0. The Bertz CT molecular complexity index is 826. The molecule has 1 unspecified atom stereocenters. The van der Waals surface area contributed by atoms with Crippen LogP contribution in [0.25, 0.3) is 0 Å². The van der Waals surface area contributed by atoms with Gasteiger partial charge in [-0.1, -0.05) is 17.7 Å². The van der Waals surface area contributed by atoms with Gasteiger partial charge in [0, 0.05) is 29.7 Å². The maximum Gasteiger partial charge on any atom is 0.228 e. The Morgan fingerprint density at radius 2 is 2.11 bits per heavy atom. The van der Waals surface area contributed by atoms with Gasteiger partial charge in [0.2, 0.25) is 5.91 Å². The highest BCUT2D eigenvalue weighted by Crippen LogP contribution is 2.30. The quantitative estimate of drug-likeness (QED) is 0.775. The first-order valence-corrected chi connectivity index (χ1v) is 9.57. The Labute approximate surface area is 169 Å². The largest absolute Gasteiger partial charge is 0.497 e. The maximum absolute atomic E-state index is 14.1. The van der Waals surface area contributed by atoms with Gasteiger partial charge < -0.3 is 14.8 Å². The standard InChI is InChI=1S/C21H24ClFN2O3/c1-27-15-8-9-20(28-2)19(11-15)24-21(26)14-5-4-10-25(12-14)13-16-17(22)6-3-7-18(16)23/h3,6-9,11,14H,4-5,10,12-13H2,1-2H3,(H,24,26). The predicted octanol–water partition coefficient (Wildman–Crippen LogP) is 4.35. The Kier molecular flexibility index (Phi) is 6.75. The van der Waals surface area contributed by atoms with Crippen molar-refractivity contribution in [1.29, 1.82) is 0 Å². The van der Waals surface area contributed by atoms with Gasteiger partial charge in [-0.25, -0.2) is 4.39 Å². The van der Waals surface area contributed by atoms with Gasteiger partial charge in [-0.3, -0.25) is 9.69 Å². The predicted molar refractivity (Wildman–Crippen MR) is 108 cm³/mol. The maximum atomic E-state index is 14.1. The van der Waals surface area contributed by atoms with Crippen LogP contribution in [0.1, 0.15) is 18.4 Å². The summed E-state index contributed by atoms with van der Waals surface area (Å²) in [4.78, 5) is 14.9. The number of carbonyl (C=O) groups is 1. The third-order valence-electron chi connectivity index (χ3n) is 4.98. The number of nitrogens with zero attached hydrogens (tertiary/aromatic N) is 1. The van der Waals surface area contributed by atoms with Crippen LogP contribution in [0.4, 0.5) is 10.1 Å². The van der Waals surface area contributed by atoms with E-state index in [-0.39, 0.29) is 17.6 Å². The minimum atomic E-state index is -0.319. The molecule has 1 aliphatic rings. The number of methoxy groups -OCH3 is 2. The lowest BCUT2D eigenvalue weighted by Gasteiger charge is -2.32. The van der Waals surface area contributed by atoms with Crippen LogP contribution in [0.5, 0.6) is 11.5 Å². The van der Waals surface area contributed by atoms with E-state index < -0.39 is 0 Å². The van der Waals surface area contributed by atoms with Crippen molar-refractivity contribution in [3.63, 3.8) is 0 Å². The number of piperidine rings is 1. The molecule has 2 aromatic carbocycles. The fourth-order valence-corrected chi connectivity index (χ4v) is 3.69. The molecule has 1 fully saturated rings. The molecule has 7 heteroatoms. The van der Waals surface area contributed by atoms with E-state index in [1.54, 1.807) is 44.6 Å². The van der Waals surface area contributed by atoms with E-state index in [2.05, 4.69) is 10.2 Å². The molecule has 28 heavy (non-hydrogen) atoms. The lowest BCUT2D eigenvalue weighted by Crippen LogP contribution is -2.40. The van der Waals surface area contributed by atoms with Crippen LogP contribution in [0.3, 0.4) is 0 Å². The molecule has 1 saturated heterocycles. The van der Waals surface area contributed by atoms with Crippen LogP contribution in [0.15, 0.2) is 36.4 Å². The molecule has 5 nitrogen and oxygen atoms in total. The lowest BCUT2D eigenvalue weighted by atomic mass is 9.96. The zero-order valence-corrected chi connectivity index (χ0v) is 16.8. The summed E-state index contributed by atoms with van der Waals surface area (Å²) in [6, 6.07) is 9.94. The number of anilines is 1. The highest BCUT2D eigenvalue weighted by Gasteiger charge is 2.27. The third kappa shape index (κ3) is 4.75. The van der Waals surface area contributed by atoms with E-state index in [1.165, 1.54) is 6.07 Å². The van der Waals surface area contributed by atoms with Crippen LogP contribution < -0.4 is 14.8 Å². The molecule has 150 valence electrons. The average Bonchev–Trinajstić information content (AvgIpc) is 2.71. The summed E-state index contributed by atoms with van der Waals surface area (Å²) in [7, 11) is 3.12. The molecule has 1 heterocycles. The minimum absolute atomic E-state index is 0.0871. The topological polar surface area (TPSA) is 50.8 Å². The van der Waals surface area contributed by atoms with Crippen LogP contribution in [0, 0.1) is 11.7 Å². The van der Waals surface area contributed by atoms with Crippen molar-refractivity contribution in [2.75, 3.05) is 32.6 Å². The molecule has 1 N–H and O–H groups in total. The molecule has 1 amide bonds. The van der Waals surface area contributed by atoms with Crippen LogP contribution in [0.2, 0.25) is 5.02 Å². The van der Waals surface area contributed by atoms with E-state index in [1.807, 2.05) is 0 Å². The number of hydrogen-bond acceptors (Lipinski definition) is 4. The average molecular weight is 407 g/mol. The summed E-state index contributed by atoms with van der Waals surface area (Å²) in [6.07, 6.45) is 1.64. The fraction of sp³-hybridized carbons (Fsp3) is 0.381. The summed E-state index contributed by atoms with van der Waals surface area (Å²) in [5, 5.41) is 3.35. The molecular weight excluding hydrogens is 383 g/mol. The first kappa shape index (κ1) is 20.4. The Hall–Kier alpha value is -2.31. The van der Waals surface area contributed by atoms with Gasteiger partial charge in [0.05, 0.1) is 25.8 Å². The van der Waals surface area contributed by atoms with Crippen LogP contribution in [-0.4, -0.2) is 38.1 Å². The Morgan fingerprint density at radius 1 is 1.29 bits per heavy atom. The van der Waals surface area contributed by atoms with Gasteiger partial charge in [0.25, 0.3) is 0 Å². The van der Waals surface area contributed by atoms with Gasteiger partial charge in [-0.2, -0.15) is 0 Å². The molecule has 0 spiro atoms. The summed E-state index contributed by atoms with van der Waals surface area (Å²) < 4.78 is 24.6. The number of ether oxygens (including phenoxy) is 2. The summed E-state index contributed by atoms with van der Waals surface area (Å²) in [5.41, 5.74) is 1.04. The SMILES string of the molecule is COc1ccc(OC)c(NC(=O)C2CCCN(Cc3c(F)cccc3Cl)C2)c1. The smallest absolute Gasteiger partial charge is 0.228 e. The number of halogens is 2. The number of likely N-dealkylation sites (tertiary alicyclic amines) is 1. The van der Waals surface area contributed by atoms with Gasteiger partial charge in [-0.05, 0) is 43.7 Å². The number of rotatable bonds is 6. The fourth-order valence-electron chi connectivity index (χ4n) is 3.47. The molecule has 2 aromatic rings. The molecule has 0 saturated carbocycles. The molecule has 0 radical (unpaired) electrons. The highest BCUT2D eigenvalue weighted by molar-refractivity contribution is 6.31. The second-order valence-corrected chi connectivity index (χ2v) is 7.24. The summed E-state index contributed by atoms with van der Waals surface area (Å²) in [5.74, 6) is 0.599. The van der Waals surface area contributed by atoms with Crippen molar-refractivity contribution in [2.45, 2.75) is 19.4 Å². The van der Waals surface area contributed by atoms with Crippen LogP contribution >= 0.6 is 11.6 Å². The summed E-state index contributed by atoms with van der Waals surface area (Å²) in [6.45, 7) is 1.73. The Morgan fingerprint density at radius 3 is 2.82 bits per heavy atom. The highest BCUT2D eigenvalue weighted by atomic mass is 35.5. The van der Waals surface area contributed by atoms with Crippen molar-refractivity contribution in [1.82, 2.24) is 4.90 Å². The second-order valence-electron chi connectivity index (χ2n) is 6.83. The number of carbonyl (C=O) groups excluding carboxylic acids is 1. The van der Waals surface area contributed by atoms with E-state index >= 15 is 0 Å². The minimum Gasteiger partial charge on any atom is -0.497 e. The first-order valence-electron chi connectivity index (χ1n) is 9.20. The molecule has 3 rings (SSSR count). The number of hydrogen-bond donors (Lipinski definition) is 1. The van der Waals surface area contributed by atoms with Gasteiger partial charge >= 0.3 is 0 Å². The normalized spacial score (nSPS) is 17.2. The zero-order chi connectivity index (χ0) is 20.1. The molecule has 0 bridgehead atoms. The molecule has 0 aliphatic carbocycles. The van der Waals surface area contributed by atoms with Crippen molar-refractivity contribution in [2.24, 2.45) is 5.92 Å². The van der Waals surface area contributed by atoms with E-state index in [9.17, 15) is 9.18 Å². The van der Waals surface area contributed by atoms with Crippen molar-refractivity contribution in [3.8, 4) is 11.5 Å². The Balaban J connectivity index is 1.68. The van der Waals surface area contributed by atoms with E-state index in [0.29, 0.717) is 40.9 Å². The third-order valence-corrected chi connectivity index (χ3v) is 5.34.